The fourth-order valence-corrected chi connectivity index (χ4v) is 3.25. The van der Waals surface area contributed by atoms with Crippen LogP contribution in [-0.2, 0) is 6.42 Å². The van der Waals surface area contributed by atoms with Crippen LogP contribution in [0.25, 0.3) is 0 Å². The van der Waals surface area contributed by atoms with Crippen molar-refractivity contribution in [1.29, 1.82) is 0 Å². The van der Waals surface area contributed by atoms with Crippen LogP contribution in [0.4, 0.5) is 4.39 Å². The number of rotatable bonds is 6. The van der Waals surface area contributed by atoms with Crippen molar-refractivity contribution in [3.05, 3.63) is 35.1 Å². The molecule has 0 spiro atoms. The number of nitrogens with one attached hydrogen (secondary N) is 1. The van der Waals surface area contributed by atoms with Gasteiger partial charge in [0.25, 0.3) is 0 Å². The van der Waals surface area contributed by atoms with E-state index >= 15 is 0 Å². The van der Waals surface area contributed by atoms with E-state index in [4.69, 9.17) is 0 Å². The second-order valence-corrected chi connectivity index (χ2v) is 6.69. The maximum atomic E-state index is 13.3. The third kappa shape index (κ3) is 4.03. The van der Waals surface area contributed by atoms with E-state index < -0.39 is 0 Å². The van der Waals surface area contributed by atoms with Gasteiger partial charge in [0.2, 0.25) is 0 Å². The smallest absolute Gasteiger partial charge is 0.123 e. The molecule has 1 aliphatic rings. The molecule has 0 saturated heterocycles. The Bertz CT molecular complexity index is 433. The lowest BCUT2D eigenvalue weighted by Gasteiger charge is -2.27. The van der Waals surface area contributed by atoms with Gasteiger partial charge in [0, 0.05) is 18.6 Å². The summed E-state index contributed by atoms with van der Waals surface area (Å²) in [6.07, 6.45) is 3.24. The van der Waals surface area contributed by atoms with Crippen molar-refractivity contribution in [3.8, 4) is 0 Å². The lowest BCUT2D eigenvalue weighted by molar-refractivity contribution is 0.286. The molecule has 1 aromatic carbocycles. The Morgan fingerprint density at radius 3 is 2.75 bits per heavy atom. The van der Waals surface area contributed by atoms with Crippen LogP contribution in [0.3, 0.4) is 0 Å². The Hall–Kier alpha value is -0.930. The fourth-order valence-electron chi connectivity index (χ4n) is 3.25. The second-order valence-electron chi connectivity index (χ2n) is 6.69. The van der Waals surface area contributed by atoms with Gasteiger partial charge < -0.3 is 10.2 Å². The Kier molecular flexibility index (Phi) is 5.17. The zero-order chi connectivity index (χ0) is 14.7. The molecule has 20 heavy (non-hydrogen) atoms. The van der Waals surface area contributed by atoms with Crippen LogP contribution in [0.15, 0.2) is 18.2 Å². The first-order valence-corrected chi connectivity index (χ1v) is 7.64. The zero-order valence-electron chi connectivity index (χ0n) is 13.1. The number of halogens is 1. The molecule has 0 saturated carbocycles. The monoisotopic (exact) mass is 278 g/mol. The molecule has 0 fully saturated rings. The van der Waals surface area contributed by atoms with Gasteiger partial charge in [0.15, 0.2) is 0 Å². The molecule has 1 aliphatic carbocycles. The summed E-state index contributed by atoms with van der Waals surface area (Å²) in [7, 11) is 4.24. The minimum absolute atomic E-state index is 0.114. The molecule has 112 valence electrons. The molecular weight excluding hydrogens is 251 g/mol. The SMILES string of the molecule is CC(C)CC(CN(C)C)NC1CCc2cc(F)ccc21. The summed E-state index contributed by atoms with van der Waals surface area (Å²) in [5.41, 5.74) is 2.47. The number of nitrogens with zero attached hydrogens (tertiary/aromatic N) is 1. The van der Waals surface area contributed by atoms with Gasteiger partial charge >= 0.3 is 0 Å². The van der Waals surface area contributed by atoms with Crippen molar-refractivity contribution >= 4 is 0 Å². The molecule has 2 rings (SSSR count). The van der Waals surface area contributed by atoms with Gasteiger partial charge in [-0.1, -0.05) is 19.9 Å². The Balaban J connectivity index is 2.05. The molecule has 0 amide bonds. The van der Waals surface area contributed by atoms with E-state index in [1.807, 2.05) is 6.07 Å². The molecule has 2 nitrogen and oxygen atoms in total. The highest BCUT2D eigenvalue weighted by molar-refractivity contribution is 5.35. The van der Waals surface area contributed by atoms with Crippen LogP contribution < -0.4 is 5.32 Å². The molecule has 2 unspecified atom stereocenters. The highest BCUT2D eigenvalue weighted by Gasteiger charge is 2.25. The molecular formula is C17H27FN2. The Labute approximate surface area is 122 Å². The normalized spacial score (nSPS) is 19.6. The minimum Gasteiger partial charge on any atom is -0.308 e. The van der Waals surface area contributed by atoms with Crippen LogP contribution in [0.5, 0.6) is 0 Å². The molecule has 0 aliphatic heterocycles. The zero-order valence-corrected chi connectivity index (χ0v) is 13.1. The van der Waals surface area contributed by atoms with E-state index in [9.17, 15) is 4.39 Å². The molecule has 0 radical (unpaired) electrons. The van der Waals surface area contributed by atoms with E-state index in [-0.39, 0.29) is 5.82 Å². The lowest BCUT2D eigenvalue weighted by atomic mass is 10.0. The van der Waals surface area contributed by atoms with Crippen LogP contribution in [0, 0.1) is 11.7 Å². The highest BCUT2D eigenvalue weighted by atomic mass is 19.1. The molecule has 0 aromatic heterocycles. The van der Waals surface area contributed by atoms with E-state index in [1.165, 1.54) is 17.5 Å². The lowest BCUT2D eigenvalue weighted by Crippen LogP contribution is -2.40. The molecule has 1 N–H and O–H groups in total. The predicted octanol–water partition coefficient (Wildman–Crippen LogP) is 3.38. The van der Waals surface area contributed by atoms with Crippen LogP contribution in [-0.4, -0.2) is 31.6 Å². The number of benzene rings is 1. The molecule has 2 atom stereocenters. The average Bonchev–Trinajstić information content (AvgIpc) is 2.69. The van der Waals surface area contributed by atoms with Gasteiger partial charge in [-0.15, -0.1) is 0 Å². The standard InChI is InChI=1S/C17H27FN2/c1-12(2)9-15(11-20(3)4)19-17-8-5-13-10-14(18)6-7-16(13)17/h6-7,10,12,15,17,19H,5,8-9,11H2,1-4H3. The summed E-state index contributed by atoms with van der Waals surface area (Å²) in [5, 5.41) is 3.79. The number of hydrogen-bond donors (Lipinski definition) is 1. The Morgan fingerprint density at radius 2 is 2.10 bits per heavy atom. The van der Waals surface area contributed by atoms with E-state index in [1.54, 1.807) is 12.1 Å². The van der Waals surface area contributed by atoms with Gasteiger partial charge in [0.05, 0.1) is 0 Å². The molecule has 3 heteroatoms. The minimum atomic E-state index is -0.114. The highest BCUT2D eigenvalue weighted by Crippen LogP contribution is 2.32. The van der Waals surface area contributed by atoms with E-state index in [0.29, 0.717) is 18.0 Å². The second kappa shape index (κ2) is 6.68. The van der Waals surface area contributed by atoms with Crippen molar-refractivity contribution in [1.82, 2.24) is 10.2 Å². The van der Waals surface area contributed by atoms with Crippen molar-refractivity contribution in [2.45, 2.75) is 45.2 Å². The van der Waals surface area contributed by atoms with Crippen molar-refractivity contribution in [3.63, 3.8) is 0 Å². The quantitative estimate of drug-likeness (QED) is 0.858. The van der Waals surface area contributed by atoms with E-state index in [2.05, 4.69) is 38.2 Å². The fraction of sp³-hybridized carbons (Fsp3) is 0.647. The summed E-state index contributed by atoms with van der Waals surface area (Å²) in [6, 6.07) is 6.11. The van der Waals surface area contributed by atoms with Gasteiger partial charge in [-0.2, -0.15) is 0 Å². The maximum Gasteiger partial charge on any atom is 0.123 e. The molecule has 0 bridgehead atoms. The summed E-state index contributed by atoms with van der Waals surface area (Å²) in [5.74, 6) is 0.568. The number of fused-ring (bicyclic) bond motifs is 1. The number of hydrogen-bond acceptors (Lipinski definition) is 2. The van der Waals surface area contributed by atoms with Crippen LogP contribution in [0.1, 0.15) is 43.9 Å². The third-order valence-electron chi connectivity index (χ3n) is 3.96. The topological polar surface area (TPSA) is 15.3 Å². The van der Waals surface area contributed by atoms with Crippen molar-refractivity contribution < 1.29 is 4.39 Å². The number of aryl methyl sites for hydroxylation is 1. The summed E-state index contributed by atoms with van der Waals surface area (Å²) >= 11 is 0. The van der Waals surface area contributed by atoms with Crippen molar-refractivity contribution in [2.75, 3.05) is 20.6 Å². The van der Waals surface area contributed by atoms with Crippen LogP contribution >= 0.6 is 0 Å². The number of likely N-dealkylation sites (N-methyl/N-ethyl adjacent to an activating group) is 1. The van der Waals surface area contributed by atoms with Crippen molar-refractivity contribution in [2.24, 2.45) is 5.92 Å². The molecule has 1 aromatic rings. The van der Waals surface area contributed by atoms with E-state index in [0.717, 1.165) is 19.4 Å². The van der Waals surface area contributed by atoms with Gasteiger partial charge in [-0.05, 0) is 62.5 Å². The molecule has 0 heterocycles. The summed E-state index contributed by atoms with van der Waals surface area (Å²) in [6.45, 7) is 5.58. The van der Waals surface area contributed by atoms with Gasteiger partial charge in [-0.3, -0.25) is 0 Å². The first kappa shape index (κ1) is 15.5. The maximum absolute atomic E-state index is 13.3. The van der Waals surface area contributed by atoms with Gasteiger partial charge in [0.1, 0.15) is 5.82 Å². The van der Waals surface area contributed by atoms with Crippen LogP contribution in [0.2, 0.25) is 0 Å². The largest absolute Gasteiger partial charge is 0.308 e. The average molecular weight is 278 g/mol. The van der Waals surface area contributed by atoms with Gasteiger partial charge in [-0.25, -0.2) is 4.39 Å². The Morgan fingerprint density at radius 1 is 1.35 bits per heavy atom. The third-order valence-corrected chi connectivity index (χ3v) is 3.96. The summed E-state index contributed by atoms with van der Waals surface area (Å²) in [4.78, 5) is 2.24. The first-order valence-electron chi connectivity index (χ1n) is 7.64. The first-order chi connectivity index (χ1) is 9.45. The summed E-state index contributed by atoms with van der Waals surface area (Å²) < 4.78 is 13.3. The predicted molar refractivity (Wildman–Crippen MR) is 82.4 cm³/mol.